The molecule has 0 aliphatic heterocycles. The average molecular weight is 317 g/mol. The first kappa shape index (κ1) is 16.4. The SMILES string of the molecule is CCC(O)NC(c1ccccc1)(c1ccccc1)c1ccccc1. The summed E-state index contributed by atoms with van der Waals surface area (Å²) in [5.41, 5.74) is 2.72. The highest BCUT2D eigenvalue weighted by atomic mass is 16.3. The first-order chi connectivity index (χ1) is 11.8. The maximum absolute atomic E-state index is 10.5. The zero-order chi connectivity index (χ0) is 16.8. The lowest BCUT2D eigenvalue weighted by Crippen LogP contribution is -2.49. The molecule has 0 aliphatic carbocycles. The third-order valence-electron chi connectivity index (χ3n) is 4.39. The molecule has 0 heterocycles. The van der Waals surface area contributed by atoms with Crippen molar-refractivity contribution >= 4 is 0 Å². The van der Waals surface area contributed by atoms with Crippen LogP contribution in [-0.4, -0.2) is 11.3 Å². The second kappa shape index (κ2) is 7.43. The quantitative estimate of drug-likeness (QED) is 0.525. The van der Waals surface area contributed by atoms with Crippen molar-refractivity contribution < 1.29 is 5.11 Å². The van der Waals surface area contributed by atoms with Crippen molar-refractivity contribution in [1.29, 1.82) is 0 Å². The number of aliphatic hydroxyl groups is 1. The fraction of sp³-hybridized carbons (Fsp3) is 0.182. The van der Waals surface area contributed by atoms with Gasteiger partial charge in [-0.25, -0.2) is 0 Å². The number of rotatable bonds is 6. The first-order valence-corrected chi connectivity index (χ1v) is 8.39. The van der Waals surface area contributed by atoms with Gasteiger partial charge in [-0.05, 0) is 23.1 Å². The molecule has 3 aromatic carbocycles. The summed E-state index contributed by atoms with van der Waals surface area (Å²) in [5.74, 6) is 0. The topological polar surface area (TPSA) is 32.3 Å². The number of aliphatic hydroxyl groups excluding tert-OH is 1. The van der Waals surface area contributed by atoms with Crippen LogP contribution >= 0.6 is 0 Å². The molecule has 0 amide bonds. The Morgan fingerprint density at radius 1 is 0.708 bits per heavy atom. The Bertz CT molecular complexity index is 644. The number of hydrogen-bond donors (Lipinski definition) is 2. The minimum atomic E-state index is -0.606. The molecule has 2 heteroatoms. The first-order valence-electron chi connectivity index (χ1n) is 8.39. The second-order valence-corrected chi connectivity index (χ2v) is 5.92. The Hall–Kier alpha value is -2.42. The molecule has 0 fully saturated rings. The van der Waals surface area contributed by atoms with E-state index >= 15 is 0 Å². The van der Waals surface area contributed by atoms with Crippen LogP contribution in [-0.2, 0) is 5.54 Å². The van der Waals surface area contributed by atoms with Crippen molar-refractivity contribution in [1.82, 2.24) is 5.32 Å². The molecule has 2 N–H and O–H groups in total. The lowest BCUT2D eigenvalue weighted by Gasteiger charge is -2.38. The van der Waals surface area contributed by atoms with Crippen LogP contribution < -0.4 is 5.32 Å². The molecule has 3 aromatic rings. The van der Waals surface area contributed by atoms with Crippen LogP contribution in [0.2, 0.25) is 0 Å². The largest absolute Gasteiger partial charge is 0.379 e. The van der Waals surface area contributed by atoms with Crippen molar-refractivity contribution in [3.63, 3.8) is 0 Å². The van der Waals surface area contributed by atoms with E-state index in [1.807, 2.05) is 61.5 Å². The molecule has 1 atom stereocenters. The van der Waals surface area contributed by atoms with E-state index in [2.05, 4.69) is 41.7 Å². The Balaban J connectivity index is 2.28. The molecule has 122 valence electrons. The van der Waals surface area contributed by atoms with Crippen LogP contribution in [0.25, 0.3) is 0 Å². The Kier molecular flexibility index (Phi) is 5.09. The van der Waals surface area contributed by atoms with Gasteiger partial charge in [0.1, 0.15) is 6.23 Å². The highest BCUT2D eigenvalue weighted by Gasteiger charge is 2.37. The fourth-order valence-corrected chi connectivity index (χ4v) is 3.17. The van der Waals surface area contributed by atoms with E-state index in [0.29, 0.717) is 6.42 Å². The van der Waals surface area contributed by atoms with Crippen LogP contribution in [0.1, 0.15) is 30.0 Å². The monoisotopic (exact) mass is 317 g/mol. The van der Waals surface area contributed by atoms with Crippen LogP contribution in [0.4, 0.5) is 0 Å². The number of benzene rings is 3. The van der Waals surface area contributed by atoms with Gasteiger partial charge in [0.2, 0.25) is 0 Å². The number of nitrogens with one attached hydrogen (secondary N) is 1. The van der Waals surface area contributed by atoms with Crippen LogP contribution in [0.15, 0.2) is 91.0 Å². The zero-order valence-electron chi connectivity index (χ0n) is 13.9. The predicted molar refractivity (Wildman–Crippen MR) is 98.6 cm³/mol. The van der Waals surface area contributed by atoms with Gasteiger partial charge in [0, 0.05) is 0 Å². The maximum atomic E-state index is 10.5. The molecule has 0 radical (unpaired) electrons. The summed E-state index contributed by atoms with van der Waals surface area (Å²) in [6, 6.07) is 30.9. The summed E-state index contributed by atoms with van der Waals surface area (Å²) in [6.07, 6.45) is 0.0273. The third-order valence-corrected chi connectivity index (χ3v) is 4.39. The molecule has 0 saturated carbocycles. The summed E-state index contributed by atoms with van der Waals surface area (Å²) in [5, 5.41) is 14.0. The van der Waals surface area contributed by atoms with Gasteiger partial charge in [-0.15, -0.1) is 0 Å². The molecule has 0 bridgehead atoms. The van der Waals surface area contributed by atoms with Crippen molar-refractivity contribution in [3.8, 4) is 0 Å². The van der Waals surface area contributed by atoms with Gasteiger partial charge in [0.25, 0.3) is 0 Å². The van der Waals surface area contributed by atoms with Crippen LogP contribution in [0, 0.1) is 0 Å². The smallest absolute Gasteiger partial charge is 0.105 e. The molecule has 2 nitrogen and oxygen atoms in total. The minimum Gasteiger partial charge on any atom is -0.379 e. The Labute approximate surface area is 143 Å². The lowest BCUT2D eigenvalue weighted by atomic mass is 9.77. The normalized spacial score (nSPS) is 12.8. The molecule has 1 unspecified atom stereocenters. The molecule has 0 aliphatic rings. The van der Waals surface area contributed by atoms with E-state index in [1.54, 1.807) is 0 Å². The zero-order valence-corrected chi connectivity index (χ0v) is 13.9. The highest BCUT2D eigenvalue weighted by molar-refractivity contribution is 5.49. The Morgan fingerprint density at radius 3 is 1.33 bits per heavy atom. The van der Waals surface area contributed by atoms with Crippen molar-refractivity contribution in [2.75, 3.05) is 0 Å². The second-order valence-electron chi connectivity index (χ2n) is 5.92. The van der Waals surface area contributed by atoms with Gasteiger partial charge in [-0.2, -0.15) is 0 Å². The summed E-state index contributed by atoms with van der Waals surface area (Å²) in [6.45, 7) is 1.98. The molecular weight excluding hydrogens is 294 g/mol. The van der Waals surface area contributed by atoms with E-state index in [-0.39, 0.29) is 0 Å². The minimum absolute atomic E-state index is 0.598. The van der Waals surface area contributed by atoms with Gasteiger partial charge >= 0.3 is 0 Å². The standard InChI is InChI=1S/C22H23NO/c1-2-21(24)23-22(18-12-6-3-7-13-18,19-14-8-4-9-15-19)20-16-10-5-11-17-20/h3-17,21,23-24H,2H2,1H3. The van der Waals surface area contributed by atoms with Gasteiger partial charge < -0.3 is 5.11 Å². The fourth-order valence-electron chi connectivity index (χ4n) is 3.17. The molecular formula is C22H23NO. The van der Waals surface area contributed by atoms with Crippen LogP contribution in [0.5, 0.6) is 0 Å². The molecule has 0 spiro atoms. The maximum Gasteiger partial charge on any atom is 0.105 e. The summed E-state index contributed by atoms with van der Waals surface area (Å²) in [4.78, 5) is 0. The lowest BCUT2D eigenvalue weighted by molar-refractivity contribution is 0.108. The van der Waals surface area contributed by atoms with E-state index in [0.717, 1.165) is 16.7 Å². The van der Waals surface area contributed by atoms with E-state index < -0.39 is 11.8 Å². The van der Waals surface area contributed by atoms with Gasteiger partial charge in [0.05, 0.1) is 5.54 Å². The number of hydrogen-bond acceptors (Lipinski definition) is 2. The van der Waals surface area contributed by atoms with E-state index in [9.17, 15) is 5.11 Å². The van der Waals surface area contributed by atoms with E-state index in [4.69, 9.17) is 0 Å². The predicted octanol–water partition coefficient (Wildman–Crippen LogP) is 4.30. The van der Waals surface area contributed by atoms with Gasteiger partial charge in [0.15, 0.2) is 0 Å². The van der Waals surface area contributed by atoms with E-state index in [1.165, 1.54) is 0 Å². The molecule has 0 saturated heterocycles. The molecule has 3 rings (SSSR count). The summed E-state index contributed by atoms with van der Waals surface area (Å²) in [7, 11) is 0. The third kappa shape index (κ3) is 3.12. The molecule has 24 heavy (non-hydrogen) atoms. The molecule has 0 aromatic heterocycles. The average Bonchev–Trinajstić information content (AvgIpc) is 2.68. The van der Waals surface area contributed by atoms with Crippen molar-refractivity contribution in [2.24, 2.45) is 0 Å². The van der Waals surface area contributed by atoms with Crippen molar-refractivity contribution in [3.05, 3.63) is 108 Å². The summed E-state index contributed by atoms with van der Waals surface area (Å²) < 4.78 is 0. The Morgan fingerprint density at radius 2 is 1.04 bits per heavy atom. The van der Waals surface area contributed by atoms with Gasteiger partial charge in [-0.3, -0.25) is 5.32 Å². The van der Waals surface area contributed by atoms with Crippen molar-refractivity contribution in [2.45, 2.75) is 25.1 Å². The van der Waals surface area contributed by atoms with Gasteiger partial charge in [-0.1, -0.05) is 97.9 Å². The highest BCUT2D eigenvalue weighted by Crippen LogP contribution is 2.37. The summed E-state index contributed by atoms with van der Waals surface area (Å²) >= 11 is 0. The van der Waals surface area contributed by atoms with Crippen LogP contribution in [0.3, 0.4) is 0 Å².